The van der Waals surface area contributed by atoms with Gasteiger partial charge in [0.15, 0.2) is 0 Å². The third-order valence-corrected chi connectivity index (χ3v) is 4.60. The summed E-state index contributed by atoms with van der Waals surface area (Å²) in [5.41, 5.74) is 0.973. The van der Waals surface area contributed by atoms with E-state index in [1.165, 1.54) is 25.7 Å². The minimum Gasteiger partial charge on any atom is -0.329 e. The maximum absolute atomic E-state index is 6.10. The Morgan fingerprint density at radius 1 is 1.22 bits per heavy atom. The molecule has 4 heterocycles. The molecule has 18 heavy (non-hydrogen) atoms. The highest BCUT2D eigenvalue weighted by molar-refractivity contribution is 6.33. The van der Waals surface area contributed by atoms with Crippen LogP contribution in [0.3, 0.4) is 0 Å². The first-order valence-corrected chi connectivity index (χ1v) is 6.92. The lowest BCUT2D eigenvalue weighted by Gasteiger charge is -2.30. The largest absolute Gasteiger partial charge is 0.329 e. The van der Waals surface area contributed by atoms with E-state index in [1.54, 1.807) is 6.33 Å². The van der Waals surface area contributed by atoms with Crippen molar-refractivity contribution in [2.24, 2.45) is 0 Å². The number of piperidine rings is 1. The summed E-state index contributed by atoms with van der Waals surface area (Å²) in [6.07, 6.45) is 8.69. The lowest BCUT2D eigenvalue weighted by atomic mass is 10.00. The summed E-state index contributed by atoms with van der Waals surface area (Å²) in [7, 11) is 0. The number of aromatic nitrogens is 3. The van der Waals surface area contributed by atoms with Crippen molar-refractivity contribution >= 4 is 22.6 Å². The van der Waals surface area contributed by atoms with Gasteiger partial charge >= 0.3 is 0 Å². The van der Waals surface area contributed by atoms with Crippen molar-refractivity contribution in [3.05, 3.63) is 23.7 Å². The van der Waals surface area contributed by atoms with Gasteiger partial charge in [0, 0.05) is 24.3 Å². The molecule has 2 aliphatic heterocycles. The number of rotatable bonds is 1. The summed E-state index contributed by atoms with van der Waals surface area (Å²) in [5.74, 6) is 0. The van der Waals surface area contributed by atoms with Crippen molar-refractivity contribution in [2.75, 3.05) is 0 Å². The number of nitrogens with one attached hydrogen (secondary N) is 1. The summed E-state index contributed by atoms with van der Waals surface area (Å²) in [6, 6.07) is 3.95. The molecule has 2 fully saturated rings. The predicted molar refractivity (Wildman–Crippen MR) is 70.8 cm³/mol. The molecule has 2 aliphatic rings. The SMILES string of the molecule is Clc1ncnc2c1ccn2C1CC2CCC(C1)N2. The van der Waals surface area contributed by atoms with Crippen molar-refractivity contribution in [2.45, 2.75) is 43.8 Å². The molecule has 0 saturated carbocycles. The highest BCUT2D eigenvalue weighted by Crippen LogP contribution is 2.36. The molecule has 4 rings (SSSR count). The Labute approximate surface area is 110 Å². The highest BCUT2D eigenvalue weighted by atomic mass is 35.5. The smallest absolute Gasteiger partial charge is 0.145 e. The third kappa shape index (κ3) is 1.56. The van der Waals surface area contributed by atoms with E-state index in [9.17, 15) is 0 Å². The minimum atomic E-state index is 0.548. The van der Waals surface area contributed by atoms with Crippen LogP contribution < -0.4 is 5.32 Å². The van der Waals surface area contributed by atoms with E-state index in [4.69, 9.17) is 11.6 Å². The van der Waals surface area contributed by atoms with Crippen LogP contribution in [0.15, 0.2) is 18.6 Å². The summed E-state index contributed by atoms with van der Waals surface area (Å²) in [5, 5.41) is 5.18. The number of hydrogen-bond acceptors (Lipinski definition) is 3. The van der Waals surface area contributed by atoms with Crippen LogP contribution in [0.25, 0.3) is 11.0 Å². The van der Waals surface area contributed by atoms with Gasteiger partial charge in [0.05, 0.1) is 5.39 Å². The Bertz CT molecular complexity index is 582. The zero-order chi connectivity index (χ0) is 12.1. The van der Waals surface area contributed by atoms with E-state index < -0.39 is 0 Å². The average molecular weight is 263 g/mol. The Kier molecular flexibility index (Phi) is 2.35. The third-order valence-electron chi connectivity index (χ3n) is 4.30. The monoisotopic (exact) mass is 262 g/mol. The van der Waals surface area contributed by atoms with Gasteiger partial charge in [0.25, 0.3) is 0 Å². The normalized spacial score (nSPS) is 31.1. The molecular weight excluding hydrogens is 248 g/mol. The van der Waals surface area contributed by atoms with E-state index in [1.807, 2.05) is 6.07 Å². The summed E-state index contributed by atoms with van der Waals surface area (Å²) in [4.78, 5) is 8.43. The molecule has 5 heteroatoms. The average Bonchev–Trinajstić information content (AvgIpc) is 2.94. The topological polar surface area (TPSA) is 42.7 Å². The van der Waals surface area contributed by atoms with Crippen LogP contribution >= 0.6 is 11.6 Å². The van der Waals surface area contributed by atoms with Crippen LogP contribution in [0, 0.1) is 0 Å². The molecule has 4 nitrogen and oxygen atoms in total. The second-order valence-corrected chi connectivity index (χ2v) is 5.75. The maximum atomic E-state index is 6.10. The van der Waals surface area contributed by atoms with E-state index in [2.05, 4.69) is 26.0 Å². The molecule has 0 aromatic carbocycles. The molecule has 2 bridgehead atoms. The van der Waals surface area contributed by atoms with Gasteiger partial charge in [-0.25, -0.2) is 9.97 Å². The maximum Gasteiger partial charge on any atom is 0.145 e. The Morgan fingerprint density at radius 2 is 2.00 bits per heavy atom. The van der Waals surface area contributed by atoms with E-state index >= 15 is 0 Å². The molecule has 0 amide bonds. The Morgan fingerprint density at radius 3 is 2.78 bits per heavy atom. The highest BCUT2D eigenvalue weighted by Gasteiger charge is 2.34. The van der Waals surface area contributed by atoms with E-state index in [0.29, 0.717) is 23.3 Å². The van der Waals surface area contributed by atoms with Crippen LogP contribution in [0.4, 0.5) is 0 Å². The molecule has 2 aromatic heterocycles. The number of halogens is 1. The van der Waals surface area contributed by atoms with Gasteiger partial charge in [-0.2, -0.15) is 0 Å². The van der Waals surface area contributed by atoms with Gasteiger partial charge in [-0.15, -0.1) is 0 Å². The van der Waals surface area contributed by atoms with Crippen LogP contribution in [0.5, 0.6) is 0 Å². The van der Waals surface area contributed by atoms with E-state index in [0.717, 1.165) is 11.0 Å². The zero-order valence-electron chi connectivity index (χ0n) is 10.0. The quantitative estimate of drug-likeness (QED) is 0.803. The van der Waals surface area contributed by atoms with Gasteiger partial charge < -0.3 is 9.88 Å². The summed E-state index contributed by atoms with van der Waals surface area (Å²) in [6.45, 7) is 0. The van der Waals surface area contributed by atoms with Gasteiger partial charge in [0.2, 0.25) is 0 Å². The summed E-state index contributed by atoms with van der Waals surface area (Å²) < 4.78 is 2.29. The first-order chi connectivity index (χ1) is 8.81. The van der Waals surface area contributed by atoms with Crippen molar-refractivity contribution in [1.29, 1.82) is 0 Å². The molecule has 2 unspecified atom stereocenters. The lowest BCUT2D eigenvalue weighted by Crippen LogP contribution is -2.38. The Hall–Kier alpha value is -1.13. The molecule has 2 aromatic rings. The molecule has 2 atom stereocenters. The van der Waals surface area contributed by atoms with Gasteiger partial charge in [-0.05, 0) is 31.7 Å². The second kappa shape index (κ2) is 3.93. The molecular formula is C13H15ClN4. The van der Waals surface area contributed by atoms with Crippen molar-refractivity contribution in [3.8, 4) is 0 Å². The van der Waals surface area contributed by atoms with Crippen molar-refractivity contribution in [3.63, 3.8) is 0 Å². The zero-order valence-corrected chi connectivity index (χ0v) is 10.8. The molecule has 0 radical (unpaired) electrons. The van der Waals surface area contributed by atoms with Crippen molar-refractivity contribution < 1.29 is 0 Å². The fourth-order valence-electron chi connectivity index (χ4n) is 3.49. The first kappa shape index (κ1) is 10.8. The molecule has 94 valence electrons. The predicted octanol–water partition coefficient (Wildman–Crippen LogP) is 2.54. The minimum absolute atomic E-state index is 0.548. The fraction of sp³-hybridized carbons (Fsp3) is 0.538. The lowest BCUT2D eigenvalue weighted by molar-refractivity contribution is 0.303. The number of hydrogen-bond donors (Lipinski definition) is 1. The Balaban J connectivity index is 1.76. The second-order valence-electron chi connectivity index (χ2n) is 5.39. The summed E-state index contributed by atoms with van der Waals surface area (Å²) >= 11 is 6.10. The van der Waals surface area contributed by atoms with Crippen molar-refractivity contribution in [1.82, 2.24) is 19.9 Å². The van der Waals surface area contributed by atoms with E-state index in [-0.39, 0.29) is 0 Å². The first-order valence-electron chi connectivity index (χ1n) is 6.54. The molecule has 0 aliphatic carbocycles. The molecule has 0 spiro atoms. The number of fused-ring (bicyclic) bond motifs is 3. The fourth-order valence-corrected chi connectivity index (χ4v) is 3.68. The van der Waals surface area contributed by atoms with Crippen LogP contribution in [-0.4, -0.2) is 26.6 Å². The van der Waals surface area contributed by atoms with Crippen LogP contribution in [0.2, 0.25) is 5.15 Å². The standard InChI is InChI=1S/C13H15ClN4/c14-12-11-3-4-18(13(11)16-7-15-12)10-5-8-1-2-9(6-10)17-8/h3-4,7-10,17H,1-2,5-6H2. The number of nitrogens with zero attached hydrogens (tertiary/aromatic N) is 3. The molecule has 2 saturated heterocycles. The molecule has 1 N–H and O–H groups in total. The van der Waals surface area contributed by atoms with Crippen LogP contribution in [0.1, 0.15) is 31.7 Å². The van der Waals surface area contributed by atoms with Gasteiger partial charge in [-0.3, -0.25) is 0 Å². The van der Waals surface area contributed by atoms with Gasteiger partial charge in [0.1, 0.15) is 17.1 Å². The van der Waals surface area contributed by atoms with Gasteiger partial charge in [-0.1, -0.05) is 11.6 Å². The van der Waals surface area contributed by atoms with Crippen LogP contribution in [-0.2, 0) is 0 Å².